The van der Waals surface area contributed by atoms with Crippen molar-refractivity contribution in [3.63, 3.8) is 0 Å². The van der Waals surface area contributed by atoms with Gasteiger partial charge in [-0.1, -0.05) is 48.5 Å². The summed E-state index contributed by atoms with van der Waals surface area (Å²) in [5, 5.41) is 9.43. The molecule has 3 nitrogen and oxygen atoms in total. The summed E-state index contributed by atoms with van der Waals surface area (Å²) < 4.78 is 5.61. The normalized spacial score (nSPS) is 12.1. The standard InChI is InChI=1S/C15H17NO2/c16-10-13(17)11-18-15-9-5-4-8-14(15)12-6-2-1-3-7-12/h1-9,13,17H,10-11,16H2/t13-/m0/s1. The number of rotatable bonds is 5. The highest BCUT2D eigenvalue weighted by molar-refractivity contribution is 5.70. The van der Waals surface area contributed by atoms with Gasteiger partial charge in [-0.25, -0.2) is 0 Å². The minimum Gasteiger partial charge on any atom is -0.490 e. The molecular weight excluding hydrogens is 226 g/mol. The predicted molar refractivity (Wildman–Crippen MR) is 72.4 cm³/mol. The molecule has 0 radical (unpaired) electrons. The van der Waals surface area contributed by atoms with Crippen LogP contribution < -0.4 is 10.5 Å². The van der Waals surface area contributed by atoms with E-state index in [9.17, 15) is 5.11 Å². The largest absolute Gasteiger partial charge is 0.490 e. The van der Waals surface area contributed by atoms with Crippen LogP contribution in [0.3, 0.4) is 0 Å². The lowest BCUT2D eigenvalue weighted by Gasteiger charge is -2.13. The van der Waals surface area contributed by atoms with E-state index in [0.29, 0.717) is 0 Å². The maximum absolute atomic E-state index is 9.43. The zero-order chi connectivity index (χ0) is 12.8. The summed E-state index contributed by atoms with van der Waals surface area (Å²) in [6.07, 6.45) is -0.631. The maximum atomic E-state index is 9.43. The third-order valence-electron chi connectivity index (χ3n) is 2.68. The van der Waals surface area contributed by atoms with E-state index in [0.717, 1.165) is 16.9 Å². The molecule has 0 aliphatic carbocycles. The molecule has 94 valence electrons. The lowest BCUT2D eigenvalue weighted by molar-refractivity contribution is 0.114. The van der Waals surface area contributed by atoms with E-state index in [1.54, 1.807) is 0 Å². The van der Waals surface area contributed by atoms with Crippen LogP contribution in [-0.2, 0) is 0 Å². The SMILES string of the molecule is NC[C@H](O)COc1ccccc1-c1ccccc1. The highest BCUT2D eigenvalue weighted by atomic mass is 16.5. The Morgan fingerprint density at radius 1 is 1.00 bits per heavy atom. The fraction of sp³-hybridized carbons (Fsp3) is 0.200. The first kappa shape index (κ1) is 12.6. The summed E-state index contributed by atoms with van der Waals surface area (Å²) in [5.41, 5.74) is 7.46. The Morgan fingerprint density at radius 3 is 2.39 bits per heavy atom. The number of nitrogens with two attached hydrogens (primary N) is 1. The quantitative estimate of drug-likeness (QED) is 0.845. The average molecular weight is 243 g/mol. The van der Waals surface area contributed by atoms with Crippen molar-refractivity contribution in [2.24, 2.45) is 5.73 Å². The van der Waals surface area contributed by atoms with Crippen LogP contribution in [0, 0.1) is 0 Å². The van der Waals surface area contributed by atoms with Crippen molar-refractivity contribution in [1.29, 1.82) is 0 Å². The van der Waals surface area contributed by atoms with Gasteiger partial charge in [0.2, 0.25) is 0 Å². The molecule has 0 saturated heterocycles. The van der Waals surface area contributed by atoms with E-state index >= 15 is 0 Å². The van der Waals surface area contributed by atoms with Crippen LogP contribution in [0.15, 0.2) is 54.6 Å². The first-order valence-electron chi connectivity index (χ1n) is 5.96. The molecule has 1 atom stereocenters. The molecule has 0 spiro atoms. The molecule has 0 fully saturated rings. The molecule has 0 aliphatic heterocycles. The van der Waals surface area contributed by atoms with E-state index in [1.807, 2.05) is 54.6 Å². The van der Waals surface area contributed by atoms with Gasteiger partial charge in [0.1, 0.15) is 18.5 Å². The molecule has 2 aromatic rings. The van der Waals surface area contributed by atoms with E-state index in [2.05, 4.69) is 0 Å². The molecule has 0 bridgehead atoms. The summed E-state index contributed by atoms with van der Waals surface area (Å²) in [6, 6.07) is 17.8. The van der Waals surface area contributed by atoms with Gasteiger partial charge in [-0.15, -0.1) is 0 Å². The molecule has 0 unspecified atom stereocenters. The van der Waals surface area contributed by atoms with E-state index in [4.69, 9.17) is 10.5 Å². The smallest absolute Gasteiger partial charge is 0.127 e. The number of benzene rings is 2. The molecule has 0 aromatic heterocycles. The number of para-hydroxylation sites is 1. The van der Waals surface area contributed by atoms with Gasteiger partial charge in [0.25, 0.3) is 0 Å². The third kappa shape index (κ3) is 3.09. The van der Waals surface area contributed by atoms with E-state index in [1.165, 1.54) is 0 Å². The second-order valence-corrected chi connectivity index (χ2v) is 4.06. The van der Waals surface area contributed by atoms with Crippen molar-refractivity contribution < 1.29 is 9.84 Å². The lowest BCUT2D eigenvalue weighted by Crippen LogP contribution is -2.26. The van der Waals surface area contributed by atoms with Crippen molar-refractivity contribution in [2.75, 3.05) is 13.2 Å². The Hall–Kier alpha value is -1.84. The van der Waals surface area contributed by atoms with Gasteiger partial charge >= 0.3 is 0 Å². The minimum absolute atomic E-state index is 0.202. The molecule has 0 aliphatic rings. The summed E-state index contributed by atoms with van der Waals surface area (Å²) in [5.74, 6) is 0.760. The second kappa shape index (κ2) is 6.19. The number of hydrogen-bond donors (Lipinski definition) is 2. The Bertz CT molecular complexity index is 485. The molecule has 0 amide bonds. The van der Waals surface area contributed by atoms with Crippen molar-refractivity contribution in [2.45, 2.75) is 6.10 Å². The molecule has 18 heavy (non-hydrogen) atoms. The molecule has 3 N–H and O–H groups in total. The van der Waals surface area contributed by atoms with Gasteiger partial charge < -0.3 is 15.6 Å². The molecule has 3 heteroatoms. The van der Waals surface area contributed by atoms with Gasteiger partial charge in [0.05, 0.1) is 0 Å². The van der Waals surface area contributed by atoms with Gasteiger partial charge in [-0.05, 0) is 11.6 Å². The molecule has 0 heterocycles. The Balaban J connectivity index is 2.21. The number of hydrogen-bond acceptors (Lipinski definition) is 3. The van der Waals surface area contributed by atoms with Crippen LogP contribution in [0.25, 0.3) is 11.1 Å². The van der Waals surface area contributed by atoms with Crippen LogP contribution in [0.5, 0.6) is 5.75 Å². The Kier molecular flexibility index (Phi) is 4.34. The second-order valence-electron chi connectivity index (χ2n) is 4.06. The van der Waals surface area contributed by atoms with Crippen LogP contribution in [0.2, 0.25) is 0 Å². The molecule has 0 saturated carbocycles. The molecular formula is C15H17NO2. The van der Waals surface area contributed by atoms with Crippen molar-refractivity contribution in [3.8, 4) is 16.9 Å². The van der Waals surface area contributed by atoms with Crippen LogP contribution in [0.4, 0.5) is 0 Å². The maximum Gasteiger partial charge on any atom is 0.127 e. The number of ether oxygens (including phenoxy) is 1. The topological polar surface area (TPSA) is 55.5 Å². The third-order valence-corrected chi connectivity index (χ3v) is 2.68. The summed E-state index contributed by atoms with van der Waals surface area (Å²) in [4.78, 5) is 0. The van der Waals surface area contributed by atoms with Crippen molar-refractivity contribution in [1.82, 2.24) is 0 Å². The monoisotopic (exact) mass is 243 g/mol. The zero-order valence-electron chi connectivity index (χ0n) is 10.1. The van der Waals surface area contributed by atoms with Gasteiger partial charge in [0, 0.05) is 12.1 Å². The first-order chi connectivity index (χ1) is 8.81. The van der Waals surface area contributed by atoms with E-state index in [-0.39, 0.29) is 13.2 Å². The Labute approximate surface area is 107 Å². The fourth-order valence-corrected chi connectivity index (χ4v) is 1.70. The van der Waals surface area contributed by atoms with Crippen molar-refractivity contribution >= 4 is 0 Å². The Morgan fingerprint density at radius 2 is 1.67 bits per heavy atom. The van der Waals surface area contributed by atoms with Gasteiger partial charge in [-0.2, -0.15) is 0 Å². The molecule has 2 rings (SSSR count). The average Bonchev–Trinajstić information content (AvgIpc) is 2.46. The molecule has 2 aromatic carbocycles. The highest BCUT2D eigenvalue weighted by Crippen LogP contribution is 2.29. The van der Waals surface area contributed by atoms with Gasteiger partial charge in [0.15, 0.2) is 0 Å². The summed E-state index contributed by atoms with van der Waals surface area (Å²) >= 11 is 0. The fourth-order valence-electron chi connectivity index (χ4n) is 1.70. The van der Waals surface area contributed by atoms with Crippen LogP contribution >= 0.6 is 0 Å². The first-order valence-corrected chi connectivity index (χ1v) is 5.96. The lowest BCUT2D eigenvalue weighted by atomic mass is 10.1. The number of aliphatic hydroxyl groups excluding tert-OH is 1. The number of aliphatic hydroxyl groups is 1. The highest BCUT2D eigenvalue weighted by Gasteiger charge is 2.07. The minimum atomic E-state index is -0.631. The predicted octanol–water partition coefficient (Wildman–Crippen LogP) is 2.05. The van der Waals surface area contributed by atoms with Gasteiger partial charge in [-0.3, -0.25) is 0 Å². The van der Waals surface area contributed by atoms with Crippen molar-refractivity contribution in [3.05, 3.63) is 54.6 Å². The van der Waals surface area contributed by atoms with Crippen LogP contribution in [0.1, 0.15) is 0 Å². The van der Waals surface area contributed by atoms with E-state index < -0.39 is 6.10 Å². The van der Waals surface area contributed by atoms with Crippen LogP contribution in [-0.4, -0.2) is 24.4 Å². The summed E-state index contributed by atoms with van der Waals surface area (Å²) in [6.45, 7) is 0.411. The zero-order valence-corrected chi connectivity index (χ0v) is 10.1. The summed E-state index contributed by atoms with van der Waals surface area (Å²) in [7, 11) is 0.